The molecule has 0 amide bonds. The van der Waals surface area contributed by atoms with Crippen LogP contribution in [0.15, 0.2) is 47.4 Å². The Morgan fingerprint density at radius 2 is 1.79 bits per heavy atom. The largest absolute Gasteiger partial charge is 0.478 e. The molecule has 6 heteroatoms. The highest BCUT2D eigenvalue weighted by atomic mass is 32.2. The number of nitrogens with one attached hydrogen (secondary N) is 1. The van der Waals surface area contributed by atoms with Gasteiger partial charge in [0.05, 0.1) is 5.56 Å². The number of likely N-dealkylation sites (N-methyl/N-ethyl adjacent to an activating group) is 1. The van der Waals surface area contributed by atoms with Crippen molar-refractivity contribution >= 4 is 23.6 Å². The highest BCUT2D eigenvalue weighted by Crippen LogP contribution is 2.40. The van der Waals surface area contributed by atoms with Crippen LogP contribution in [-0.2, 0) is 0 Å². The molecule has 0 radical (unpaired) electrons. The van der Waals surface area contributed by atoms with Crippen LogP contribution >= 0.6 is 11.9 Å². The minimum absolute atomic E-state index is 0.325. The van der Waals surface area contributed by atoms with Gasteiger partial charge in [0.25, 0.3) is 0 Å². The van der Waals surface area contributed by atoms with Crippen LogP contribution in [-0.4, -0.2) is 56.3 Å². The normalized spacial score (nSPS) is 11.1. The van der Waals surface area contributed by atoms with Gasteiger partial charge in [0, 0.05) is 42.3 Å². The monoisotopic (exact) mass is 415 g/mol. The SMILES string of the molecule is CCCCN(CCN(C)C)c1cc(C(=O)O)cc(SNCC)c1-c1ccccc1. The fraction of sp³-hybridized carbons (Fsp3) is 0.435. The van der Waals surface area contributed by atoms with Crippen molar-refractivity contribution in [2.45, 2.75) is 31.6 Å². The second kappa shape index (κ2) is 11.9. The molecule has 2 rings (SSSR count). The van der Waals surface area contributed by atoms with Crippen molar-refractivity contribution in [1.29, 1.82) is 0 Å². The molecular formula is C23H33N3O2S. The van der Waals surface area contributed by atoms with Gasteiger partial charge in [0.2, 0.25) is 0 Å². The van der Waals surface area contributed by atoms with Crippen molar-refractivity contribution in [3.8, 4) is 11.1 Å². The minimum Gasteiger partial charge on any atom is -0.478 e. The molecule has 0 fully saturated rings. The first-order valence-corrected chi connectivity index (χ1v) is 11.1. The number of rotatable bonds is 12. The lowest BCUT2D eigenvalue weighted by molar-refractivity contribution is 0.0696. The van der Waals surface area contributed by atoms with E-state index in [1.54, 1.807) is 6.07 Å². The summed E-state index contributed by atoms with van der Waals surface area (Å²) in [6.45, 7) is 7.68. The molecule has 0 aliphatic rings. The maximum absolute atomic E-state index is 11.9. The zero-order valence-corrected chi connectivity index (χ0v) is 18.8. The first kappa shape index (κ1) is 23.3. The van der Waals surface area contributed by atoms with Gasteiger partial charge in [-0.15, -0.1) is 0 Å². The molecule has 29 heavy (non-hydrogen) atoms. The summed E-state index contributed by atoms with van der Waals surface area (Å²) in [5.74, 6) is -0.896. The van der Waals surface area contributed by atoms with E-state index in [0.717, 1.165) is 60.7 Å². The molecule has 0 aliphatic carbocycles. The molecule has 0 aliphatic heterocycles. The van der Waals surface area contributed by atoms with Crippen LogP contribution in [0.5, 0.6) is 0 Å². The van der Waals surface area contributed by atoms with E-state index < -0.39 is 5.97 Å². The molecule has 0 unspecified atom stereocenters. The van der Waals surface area contributed by atoms with Crippen molar-refractivity contribution in [2.75, 3.05) is 45.2 Å². The van der Waals surface area contributed by atoms with E-state index in [4.69, 9.17) is 0 Å². The molecule has 0 bridgehead atoms. The number of carbonyl (C=O) groups is 1. The maximum Gasteiger partial charge on any atom is 0.335 e. The van der Waals surface area contributed by atoms with Crippen LogP contribution in [0.3, 0.4) is 0 Å². The topological polar surface area (TPSA) is 55.8 Å². The van der Waals surface area contributed by atoms with E-state index in [-0.39, 0.29) is 0 Å². The molecule has 0 atom stereocenters. The lowest BCUT2D eigenvalue weighted by Gasteiger charge is -2.30. The summed E-state index contributed by atoms with van der Waals surface area (Å²) in [6, 6.07) is 13.9. The molecule has 0 heterocycles. The highest BCUT2D eigenvalue weighted by molar-refractivity contribution is 7.97. The van der Waals surface area contributed by atoms with Crippen LogP contribution in [0, 0.1) is 0 Å². The zero-order chi connectivity index (χ0) is 21.2. The summed E-state index contributed by atoms with van der Waals surface area (Å²) in [5, 5.41) is 9.74. The number of hydrogen-bond acceptors (Lipinski definition) is 5. The Hall–Kier alpha value is -2.02. The fourth-order valence-corrected chi connectivity index (χ4v) is 3.93. The predicted molar refractivity (Wildman–Crippen MR) is 124 cm³/mol. The Morgan fingerprint density at radius 1 is 1.07 bits per heavy atom. The summed E-state index contributed by atoms with van der Waals surface area (Å²) >= 11 is 1.50. The predicted octanol–water partition coefficient (Wildman–Crippen LogP) is 4.84. The molecule has 0 saturated heterocycles. The van der Waals surface area contributed by atoms with Crippen LogP contribution < -0.4 is 9.62 Å². The number of carboxylic acid groups (broad SMARTS) is 1. The number of benzene rings is 2. The Balaban J connectivity index is 2.66. The second-order valence-electron chi connectivity index (χ2n) is 7.28. The Bertz CT molecular complexity index is 781. The summed E-state index contributed by atoms with van der Waals surface area (Å²) < 4.78 is 3.30. The van der Waals surface area contributed by atoms with Gasteiger partial charge in [0.1, 0.15) is 0 Å². The average Bonchev–Trinajstić information content (AvgIpc) is 2.72. The standard InChI is InChI=1S/C23H33N3O2S/c1-5-7-13-26(15-14-25(3)4)20-16-19(23(27)28)17-21(29-24-6-2)22(20)18-11-9-8-10-12-18/h8-12,16-17,24H,5-7,13-15H2,1-4H3,(H,27,28). The smallest absolute Gasteiger partial charge is 0.335 e. The third-order valence-electron chi connectivity index (χ3n) is 4.66. The number of carboxylic acids is 1. The minimum atomic E-state index is -0.896. The van der Waals surface area contributed by atoms with Crippen LogP contribution in [0.1, 0.15) is 37.0 Å². The Morgan fingerprint density at radius 3 is 2.38 bits per heavy atom. The summed E-state index contributed by atoms with van der Waals surface area (Å²) in [7, 11) is 4.13. The van der Waals surface area contributed by atoms with Gasteiger partial charge in [-0.25, -0.2) is 4.79 Å². The molecular weight excluding hydrogens is 382 g/mol. The lowest BCUT2D eigenvalue weighted by Crippen LogP contribution is -2.33. The summed E-state index contributed by atoms with van der Waals surface area (Å²) in [6.07, 6.45) is 2.16. The molecule has 0 aromatic heterocycles. The molecule has 0 spiro atoms. The first-order chi connectivity index (χ1) is 14.0. The zero-order valence-electron chi connectivity index (χ0n) is 17.9. The maximum atomic E-state index is 11.9. The third-order valence-corrected chi connectivity index (χ3v) is 5.63. The Kier molecular flexibility index (Phi) is 9.51. The van der Waals surface area contributed by atoms with E-state index in [2.05, 4.69) is 47.7 Å². The third kappa shape index (κ3) is 6.77. The number of hydrogen-bond donors (Lipinski definition) is 2. The van der Waals surface area contributed by atoms with E-state index in [0.29, 0.717) is 5.56 Å². The van der Waals surface area contributed by atoms with Gasteiger partial charge in [-0.3, -0.25) is 4.72 Å². The van der Waals surface area contributed by atoms with Gasteiger partial charge in [-0.1, -0.05) is 50.6 Å². The van der Waals surface area contributed by atoms with Crippen molar-refractivity contribution < 1.29 is 9.90 Å². The fourth-order valence-electron chi connectivity index (χ4n) is 3.12. The van der Waals surface area contributed by atoms with E-state index in [9.17, 15) is 9.90 Å². The number of unbranched alkanes of at least 4 members (excludes halogenated alkanes) is 1. The quantitative estimate of drug-likeness (QED) is 0.484. The first-order valence-electron chi connectivity index (χ1n) is 10.2. The van der Waals surface area contributed by atoms with Gasteiger partial charge in [-0.05, 0) is 50.2 Å². The van der Waals surface area contributed by atoms with Crippen molar-refractivity contribution in [2.24, 2.45) is 0 Å². The van der Waals surface area contributed by atoms with Crippen LogP contribution in [0.4, 0.5) is 5.69 Å². The van der Waals surface area contributed by atoms with Gasteiger partial charge in [0.15, 0.2) is 0 Å². The van der Waals surface area contributed by atoms with Crippen LogP contribution in [0.2, 0.25) is 0 Å². The number of aromatic carboxylic acids is 1. The van der Waals surface area contributed by atoms with Crippen LogP contribution in [0.25, 0.3) is 11.1 Å². The molecule has 158 valence electrons. The number of anilines is 1. The van der Waals surface area contributed by atoms with E-state index in [1.165, 1.54) is 11.9 Å². The van der Waals surface area contributed by atoms with Crippen molar-refractivity contribution in [1.82, 2.24) is 9.62 Å². The lowest BCUT2D eigenvalue weighted by atomic mass is 10.00. The van der Waals surface area contributed by atoms with E-state index >= 15 is 0 Å². The molecule has 2 aromatic carbocycles. The second-order valence-corrected chi connectivity index (χ2v) is 8.22. The highest BCUT2D eigenvalue weighted by Gasteiger charge is 2.20. The molecule has 2 N–H and O–H groups in total. The Labute approximate surface area is 179 Å². The van der Waals surface area contributed by atoms with Crippen molar-refractivity contribution in [3.63, 3.8) is 0 Å². The summed E-state index contributed by atoms with van der Waals surface area (Å²) in [4.78, 5) is 17.3. The van der Waals surface area contributed by atoms with Gasteiger partial charge in [-0.2, -0.15) is 0 Å². The molecule has 0 saturated carbocycles. The van der Waals surface area contributed by atoms with Crippen molar-refractivity contribution in [3.05, 3.63) is 48.0 Å². The molecule has 5 nitrogen and oxygen atoms in total. The summed E-state index contributed by atoms with van der Waals surface area (Å²) in [5.41, 5.74) is 3.51. The number of nitrogens with zero attached hydrogens (tertiary/aromatic N) is 2. The van der Waals surface area contributed by atoms with Gasteiger partial charge < -0.3 is 14.9 Å². The van der Waals surface area contributed by atoms with Gasteiger partial charge >= 0.3 is 5.97 Å². The van der Waals surface area contributed by atoms with E-state index in [1.807, 2.05) is 31.2 Å². The molecule has 2 aromatic rings. The average molecular weight is 416 g/mol.